The number of halogens is 2. The first-order chi connectivity index (χ1) is 11.5. The van der Waals surface area contributed by atoms with Gasteiger partial charge in [-0.2, -0.15) is 0 Å². The number of hydrogen-bond acceptors (Lipinski definition) is 3. The third-order valence-electron chi connectivity index (χ3n) is 3.89. The average Bonchev–Trinajstić information content (AvgIpc) is 2.50. The van der Waals surface area contributed by atoms with E-state index in [0.717, 1.165) is 11.0 Å². The summed E-state index contributed by atoms with van der Waals surface area (Å²) in [5, 5.41) is 6.52. The van der Waals surface area contributed by atoms with E-state index in [1.807, 2.05) is 26.0 Å². The number of aliphatic imine (C=N–C) groups is 1. The molecule has 0 fully saturated rings. The van der Waals surface area contributed by atoms with Crippen molar-refractivity contribution < 1.29 is 8.42 Å². The summed E-state index contributed by atoms with van der Waals surface area (Å²) in [6, 6.07) is 8.29. The van der Waals surface area contributed by atoms with Gasteiger partial charge in [-0.3, -0.25) is 4.99 Å². The fraction of sp³-hybridized carbons (Fsp3) is 0.611. The molecule has 1 aromatic carbocycles. The number of guanidine groups is 1. The van der Waals surface area contributed by atoms with E-state index in [1.165, 1.54) is 11.8 Å². The van der Waals surface area contributed by atoms with Gasteiger partial charge in [0.05, 0.1) is 12.3 Å². The highest BCUT2D eigenvalue weighted by Crippen LogP contribution is 2.26. The van der Waals surface area contributed by atoms with Crippen molar-refractivity contribution in [2.45, 2.75) is 45.6 Å². The third kappa shape index (κ3) is 10.1. The molecule has 0 bridgehead atoms. The molecule has 0 heterocycles. The van der Waals surface area contributed by atoms with Gasteiger partial charge in [-0.25, -0.2) is 8.42 Å². The van der Waals surface area contributed by atoms with Gasteiger partial charge in [0.25, 0.3) is 0 Å². The van der Waals surface area contributed by atoms with Crippen LogP contribution >= 0.6 is 39.9 Å². The van der Waals surface area contributed by atoms with Crippen molar-refractivity contribution in [2.75, 3.05) is 25.1 Å². The van der Waals surface area contributed by atoms with Crippen molar-refractivity contribution in [3.8, 4) is 0 Å². The fourth-order valence-electron chi connectivity index (χ4n) is 2.29. The summed E-state index contributed by atoms with van der Waals surface area (Å²) in [6.45, 7) is 9.68. The van der Waals surface area contributed by atoms with Crippen LogP contribution < -0.4 is 10.6 Å². The lowest BCUT2D eigenvalue weighted by atomic mass is 9.85. The molecule has 0 saturated heterocycles. The second-order valence-corrected chi connectivity index (χ2v) is 10.2. The van der Waals surface area contributed by atoms with Gasteiger partial charge in [0, 0.05) is 28.7 Å². The molecule has 0 aliphatic rings. The van der Waals surface area contributed by atoms with E-state index in [1.54, 1.807) is 0 Å². The Morgan fingerprint density at radius 2 is 2.00 bits per heavy atom. The predicted molar refractivity (Wildman–Crippen MR) is 125 cm³/mol. The van der Waals surface area contributed by atoms with Crippen LogP contribution in [0, 0.1) is 0 Å². The van der Waals surface area contributed by atoms with Crippen molar-refractivity contribution >= 4 is 55.7 Å². The molecule has 8 heteroatoms. The highest BCUT2D eigenvalue weighted by Gasteiger charge is 2.21. The van der Waals surface area contributed by atoms with Crippen molar-refractivity contribution in [2.24, 2.45) is 4.99 Å². The molecule has 0 aliphatic heterocycles. The average molecular weight is 560 g/mol. The van der Waals surface area contributed by atoms with Crippen molar-refractivity contribution in [1.82, 2.24) is 10.6 Å². The Hall–Kier alpha value is -0.350. The van der Waals surface area contributed by atoms with Gasteiger partial charge in [0.2, 0.25) is 0 Å². The van der Waals surface area contributed by atoms with Gasteiger partial charge in [-0.15, -0.1) is 24.0 Å². The van der Waals surface area contributed by atoms with Crippen molar-refractivity contribution in [3.63, 3.8) is 0 Å². The lowest BCUT2D eigenvalue weighted by Gasteiger charge is -2.25. The molecule has 1 rings (SSSR count). The van der Waals surface area contributed by atoms with Crippen LogP contribution in [0.5, 0.6) is 0 Å². The van der Waals surface area contributed by atoms with Gasteiger partial charge >= 0.3 is 0 Å². The summed E-state index contributed by atoms with van der Waals surface area (Å²) in [5.74, 6) is 0.885. The minimum Gasteiger partial charge on any atom is -0.357 e. The highest BCUT2D eigenvalue weighted by molar-refractivity contribution is 14.0. The van der Waals surface area contributed by atoms with Crippen LogP contribution in [0.15, 0.2) is 33.7 Å². The fourth-order valence-corrected chi connectivity index (χ4v) is 3.47. The van der Waals surface area contributed by atoms with E-state index < -0.39 is 9.84 Å². The van der Waals surface area contributed by atoms with Crippen LogP contribution in [0.2, 0.25) is 0 Å². The van der Waals surface area contributed by atoms with Crippen molar-refractivity contribution in [1.29, 1.82) is 0 Å². The topological polar surface area (TPSA) is 70.6 Å². The second kappa shape index (κ2) is 11.5. The monoisotopic (exact) mass is 559 g/mol. The number of hydrogen-bond donors (Lipinski definition) is 2. The van der Waals surface area contributed by atoms with Gasteiger partial charge in [-0.05, 0) is 38.0 Å². The van der Waals surface area contributed by atoms with Gasteiger partial charge in [0.15, 0.2) is 5.96 Å². The van der Waals surface area contributed by atoms with E-state index in [0.29, 0.717) is 18.9 Å². The Morgan fingerprint density at radius 1 is 1.35 bits per heavy atom. The molecule has 0 aromatic heterocycles. The molecule has 1 aromatic rings. The third-order valence-corrected chi connectivity index (χ3v) is 5.36. The van der Waals surface area contributed by atoms with Crippen molar-refractivity contribution in [3.05, 3.63) is 34.3 Å². The molecule has 1 unspecified atom stereocenters. The largest absolute Gasteiger partial charge is 0.357 e. The first kappa shape index (κ1) is 25.6. The molecular weight excluding hydrogens is 529 g/mol. The Bertz CT molecular complexity index is 693. The lowest BCUT2D eigenvalue weighted by Crippen LogP contribution is -2.43. The molecule has 1 atom stereocenters. The summed E-state index contributed by atoms with van der Waals surface area (Å²) in [5.41, 5.74) is 1.11. The zero-order valence-corrected chi connectivity index (χ0v) is 20.9. The van der Waals surface area contributed by atoms with Gasteiger partial charge < -0.3 is 10.6 Å². The second-order valence-electron chi connectivity index (χ2n) is 7.05. The first-order valence-corrected chi connectivity index (χ1v) is 11.4. The lowest BCUT2D eigenvalue weighted by molar-refractivity contribution is 0.533. The smallest absolute Gasteiger partial charge is 0.191 e. The molecule has 0 radical (unpaired) electrons. The molecule has 5 nitrogen and oxygen atoms in total. The molecule has 0 saturated carbocycles. The summed E-state index contributed by atoms with van der Waals surface area (Å²) >= 11 is 3.52. The number of nitrogens with one attached hydrogen (secondary N) is 2. The maximum Gasteiger partial charge on any atom is 0.191 e. The van der Waals surface area contributed by atoms with E-state index in [2.05, 4.69) is 52.5 Å². The van der Waals surface area contributed by atoms with Crippen LogP contribution in [-0.4, -0.2) is 45.5 Å². The highest BCUT2D eigenvalue weighted by atomic mass is 127. The minimum absolute atomic E-state index is 0. The van der Waals surface area contributed by atoms with E-state index >= 15 is 0 Å². The number of rotatable bonds is 8. The molecule has 0 spiro atoms. The number of sulfone groups is 1. The molecular formula is C18H31BrIN3O2S. The molecule has 0 amide bonds. The van der Waals surface area contributed by atoms with Crippen LogP contribution in [0.1, 0.15) is 39.7 Å². The van der Waals surface area contributed by atoms with Crippen LogP contribution in [0.4, 0.5) is 0 Å². The summed E-state index contributed by atoms with van der Waals surface area (Å²) < 4.78 is 23.7. The normalized spacial score (nSPS) is 13.7. The zero-order valence-electron chi connectivity index (χ0n) is 16.2. The molecule has 2 N–H and O–H groups in total. The molecule has 26 heavy (non-hydrogen) atoms. The summed E-state index contributed by atoms with van der Waals surface area (Å²) in [7, 11) is -2.95. The minimum atomic E-state index is -2.95. The maximum atomic E-state index is 11.3. The van der Waals surface area contributed by atoms with Gasteiger partial charge in [0.1, 0.15) is 9.84 Å². The predicted octanol–water partition coefficient (Wildman–Crippen LogP) is 3.72. The van der Waals surface area contributed by atoms with E-state index in [4.69, 9.17) is 4.99 Å². The summed E-state index contributed by atoms with van der Waals surface area (Å²) in [6.07, 6.45) is 1.82. The van der Waals surface area contributed by atoms with E-state index in [9.17, 15) is 8.42 Å². The van der Waals surface area contributed by atoms with E-state index in [-0.39, 0.29) is 41.2 Å². The Morgan fingerprint density at radius 3 is 2.54 bits per heavy atom. The zero-order chi connectivity index (χ0) is 19.1. The van der Waals surface area contributed by atoms with Crippen LogP contribution in [-0.2, 0) is 15.3 Å². The Kier molecular flexibility index (Phi) is 11.3. The number of nitrogens with zero attached hydrogens (tertiary/aromatic N) is 1. The standard InChI is InChI=1S/C18H30BrN3O2S.HI/c1-6-20-17(22-14(2)10-11-25(5,23)24)21-13-18(3,4)15-8-7-9-16(19)12-15;/h7-9,12,14H,6,10-11,13H2,1-5H3,(H2,20,21,22);1H. The first-order valence-electron chi connectivity index (χ1n) is 8.52. The Labute approximate surface area is 183 Å². The quantitative estimate of drug-likeness (QED) is 0.289. The SMILES string of the molecule is CCNC(=NCC(C)(C)c1cccc(Br)c1)NC(C)CCS(C)(=O)=O.I. The number of benzene rings is 1. The maximum absolute atomic E-state index is 11.3. The van der Waals surface area contributed by atoms with Crippen LogP contribution in [0.3, 0.4) is 0 Å². The molecule has 150 valence electrons. The van der Waals surface area contributed by atoms with Crippen LogP contribution in [0.25, 0.3) is 0 Å². The summed E-state index contributed by atoms with van der Waals surface area (Å²) in [4.78, 5) is 4.71. The molecule has 0 aliphatic carbocycles. The Balaban J connectivity index is 0.00000625. The van der Waals surface area contributed by atoms with Gasteiger partial charge in [-0.1, -0.05) is 41.9 Å².